The largest absolute Gasteiger partial charge is 0.493 e. The molecule has 3 atom stereocenters. The summed E-state index contributed by atoms with van der Waals surface area (Å²) in [4.78, 5) is 42.6. The highest BCUT2D eigenvalue weighted by Gasteiger charge is 2.49. The molecule has 0 aromatic heterocycles. The minimum absolute atomic E-state index is 0.0240. The lowest BCUT2D eigenvalue weighted by molar-refractivity contribution is -0.147. The van der Waals surface area contributed by atoms with E-state index < -0.39 is 34.7 Å². The van der Waals surface area contributed by atoms with Crippen LogP contribution in [0.2, 0.25) is 5.02 Å². The van der Waals surface area contributed by atoms with Crippen LogP contribution in [0.15, 0.2) is 54.6 Å². The van der Waals surface area contributed by atoms with Gasteiger partial charge >= 0.3 is 0 Å². The number of nitrogen functional groups attached to an aromatic ring is 1. The summed E-state index contributed by atoms with van der Waals surface area (Å²) in [5.41, 5.74) is 8.76. The van der Waals surface area contributed by atoms with Crippen molar-refractivity contribution in [3.05, 3.63) is 81.9 Å². The molecule has 1 heterocycles. The molecule has 1 saturated heterocycles. The number of anilines is 1. The second-order valence-electron chi connectivity index (χ2n) is 11.7. The third kappa shape index (κ3) is 7.89. The topological polar surface area (TPSA) is 152 Å². The van der Waals surface area contributed by atoms with E-state index in [9.17, 15) is 19.5 Å². The number of aryl methyl sites for hydroxylation is 1. The average Bonchev–Trinajstić information content (AvgIpc) is 3.38. The number of benzene rings is 3. The molecule has 0 bridgehead atoms. The van der Waals surface area contributed by atoms with E-state index in [1.165, 1.54) is 44.1 Å². The SMILES string of the molecule is COc1cc(C[C@H](NC(=O)c2cccc(N)c2Cl)[C@H](O)C(=O)N2CSC(C)(C)[C@H]2C(=O)NCc2ccccc2C)cc(OC)c1OC. The van der Waals surface area contributed by atoms with Crippen LogP contribution in [0, 0.1) is 6.92 Å². The van der Waals surface area contributed by atoms with Crippen LogP contribution in [0.25, 0.3) is 0 Å². The number of rotatable bonds is 12. The Hall–Kier alpha value is -4.13. The molecule has 3 aromatic rings. The molecule has 4 rings (SSSR count). The molecule has 1 aliphatic rings. The maximum absolute atomic E-state index is 14.1. The van der Waals surface area contributed by atoms with Gasteiger partial charge in [0.25, 0.3) is 11.8 Å². The van der Waals surface area contributed by atoms with Gasteiger partial charge < -0.3 is 40.6 Å². The zero-order valence-corrected chi connectivity index (χ0v) is 28.8. The number of hydrogen-bond acceptors (Lipinski definition) is 9. The smallest absolute Gasteiger partial charge is 0.254 e. The number of carbonyl (C=O) groups is 3. The van der Waals surface area contributed by atoms with Gasteiger partial charge in [0, 0.05) is 11.3 Å². The number of thioether (sulfide) groups is 1. The van der Waals surface area contributed by atoms with Crippen molar-refractivity contribution in [2.24, 2.45) is 0 Å². The monoisotopic (exact) mass is 684 g/mol. The van der Waals surface area contributed by atoms with E-state index in [0.717, 1.165) is 11.1 Å². The number of aliphatic hydroxyl groups is 1. The first-order chi connectivity index (χ1) is 22.3. The first kappa shape index (κ1) is 35.7. The van der Waals surface area contributed by atoms with Gasteiger partial charge in [-0.1, -0.05) is 41.9 Å². The lowest BCUT2D eigenvalue weighted by atomic mass is 9.96. The van der Waals surface area contributed by atoms with Crippen molar-refractivity contribution in [1.29, 1.82) is 0 Å². The minimum atomic E-state index is -1.75. The number of halogens is 1. The lowest BCUT2D eigenvalue weighted by Gasteiger charge is -2.33. The van der Waals surface area contributed by atoms with Gasteiger partial charge in [-0.25, -0.2) is 0 Å². The fourth-order valence-corrected chi connectivity index (χ4v) is 6.91. The van der Waals surface area contributed by atoms with Gasteiger partial charge in [-0.3, -0.25) is 14.4 Å². The first-order valence-electron chi connectivity index (χ1n) is 14.9. The van der Waals surface area contributed by atoms with Crippen molar-refractivity contribution in [1.82, 2.24) is 15.5 Å². The standard InChI is InChI=1S/C34H41ClN4O7S/c1-19-10-7-8-11-21(19)17-37-32(42)30-34(2,3)47-18-39(30)33(43)28(40)24(38-31(41)22-12-9-13-23(36)27(22)35)14-20-15-25(44-4)29(46-6)26(16-20)45-5/h7-13,15-16,24,28,30,40H,14,17-18,36H2,1-6H3,(H,37,42)(H,38,41)/t24-,28-,30+/m0/s1. The Morgan fingerprint density at radius 1 is 1.06 bits per heavy atom. The predicted octanol–water partition coefficient (Wildman–Crippen LogP) is 3.95. The Balaban J connectivity index is 1.65. The van der Waals surface area contributed by atoms with Crippen LogP contribution in [0.5, 0.6) is 17.2 Å². The number of carbonyl (C=O) groups excluding carboxylic acids is 3. The molecular formula is C34H41ClN4O7S. The summed E-state index contributed by atoms with van der Waals surface area (Å²) in [7, 11) is 4.42. The van der Waals surface area contributed by atoms with E-state index in [2.05, 4.69) is 10.6 Å². The molecule has 0 saturated carbocycles. The van der Waals surface area contributed by atoms with E-state index in [1.54, 1.807) is 24.3 Å². The van der Waals surface area contributed by atoms with Gasteiger partial charge in [0.05, 0.1) is 49.5 Å². The number of ether oxygens (including phenoxy) is 3. The first-order valence-corrected chi connectivity index (χ1v) is 16.3. The van der Waals surface area contributed by atoms with Crippen LogP contribution in [0.4, 0.5) is 5.69 Å². The molecule has 0 spiro atoms. The highest BCUT2D eigenvalue weighted by atomic mass is 35.5. The van der Waals surface area contributed by atoms with E-state index in [1.807, 2.05) is 45.0 Å². The maximum Gasteiger partial charge on any atom is 0.254 e. The Labute approximate surface area is 284 Å². The summed E-state index contributed by atoms with van der Waals surface area (Å²) in [5.74, 6) is -0.467. The molecule has 252 valence electrons. The summed E-state index contributed by atoms with van der Waals surface area (Å²) in [6.45, 7) is 6.01. The fourth-order valence-electron chi connectivity index (χ4n) is 5.56. The molecule has 11 nitrogen and oxygen atoms in total. The molecule has 0 aliphatic carbocycles. The van der Waals surface area contributed by atoms with Gasteiger partial charge in [0.2, 0.25) is 11.7 Å². The van der Waals surface area contributed by atoms with Crippen LogP contribution < -0.4 is 30.6 Å². The Morgan fingerprint density at radius 2 is 1.72 bits per heavy atom. The van der Waals surface area contributed by atoms with Gasteiger partial charge in [-0.05, 0) is 68.1 Å². The van der Waals surface area contributed by atoms with Gasteiger partial charge in [-0.15, -0.1) is 11.8 Å². The van der Waals surface area contributed by atoms with E-state index >= 15 is 0 Å². The second kappa shape index (κ2) is 15.2. The summed E-state index contributed by atoms with van der Waals surface area (Å²) in [6, 6.07) is 13.6. The van der Waals surface area contributed by atoms with Crippen molar-refractivity contribution in [2.75, 3.05) is 32.9 Å². The molecule has 3 aromatic carbocycles. The Morgan fingerprint density at radius 3 is 2.34 bits per heavy atom. The highest BCUT2D eigenvalue weighted by Crippen LogP contribution is 2.41. The van der Waals surface area contributed by atoms with Crippen molar-refractivity contribution in [2.45, 2.75) is 56.7 Å². The molecule has 47 heavy (non-hydrogen) atoms. The van der Waals surface area contributed by atoms with E-state index in [-0.39, 0.29) is 41.0 Å². The highest BCUT2D eigenvalue weighted by molar-refractivity contribution is 8.00. The van der Waals surface area contributed by atoms with Crippen LogP contribution in [0.1, 0.15) is 40.9 Å². The fraction of sp³-hybridized carbons (Fsp3) is 0.382. The van der Waals surface area contributed by atoms with Crippen LogP contribution >= 0.6 is 23.4 Å². The summed E-state index contributed by atoms with van der Waals surface area (Å²) in [5, 5.41) is 17.5. The van der Waals surface area contributed by atoms with E-state index in [4.69, 9.17) is 31.5 Å². The van der Waals surface area contributed by atoms with Gasteiger partial charge in [-0.2, -0.15) is 0 Å². The molecule has 3 amide bonds. The molecule has 1 aliphatic heterocycles. The minimum Gasteiger partial charge on any atom is -0.493 e. The average molecular weight is 685 g/mol. The lowest BCUT2D eigenvalue weighted by Crippen LogP contribution is -2.58. The number of nitrogens with zero attached hydrogens (tertiary/aromatic N) is 1. The molecular weight excluding hydrogens is 644 g/mol. The van der Waals surface area contributed by atoms with Crippen molar-refractivity contribution in [3.63, 3.8) is 0 Å². The zero-order chi connectivity index (χ0) is 34.5. The van der Waals surface area contributed by atoms with Crippen molar-refractivity contribution in [3.8, 4) is 17.2 Å². The number of methoxy groups -OCH3 is 3. The summed E-state index contributed by atoms with van der Waals surface area (Å²) >= 11 is 7.77. The third-order valence-corrected chi connectivity index (χ3v) is 9.99. The molecule has 0 radical (unpaired) electrons. The van der Waals surface area contributed by atoms with Crippen molar-refractivity contribution >= 4 is 46.8 Å². The molecule has 0 unspecified atom stereocenters. The number of nitrogens with one attached hydrogen (secondary N) is 2. The quantitative estimate of drug-likeness (QED) is 0.208. The maximum atomic E-state index is 14.1. The second-order valence-corrected chi connectivity index (χ2v) is 13.7. The third-order valence-electron chi connectivity index (χ3n) is 8.20. The molecule has 1 fully saturated rings. The molecule has 13 heteroatoms. The van der Waals surface area contributed by atoms with Gasteiger partial charge in [0.1, 0.15) is 6.04 Å². The van der Waals surface area contributed by atoms with Crippen molar-refractivity contribution < 1.29 is 33.7 Å². The number of hydrogen-bond donors (Lipinski definition) is 4. The Kier molecular flexibility index (Phi) is 11.5. The van der Waals surface area contributed by atoms with Gasteiger partial charge in [0.15, 0.2) is 17.6 Å². The predicted molar refractivity (Wildman–Crippen MR) is 183 cm³/mol. The summed E-state index contributed by atoms with van der Waals surface area (Å²) < 4.78 is 15.7. The van der Waals surface area contributed by atoms with Crippen LogP contribution in [0.3, 0.4) is 0 Å². The Bertz CT molecular complexity index is 1610. The van der Waals surface area contributed by atoms with E-state index in [0.29, 0.717) is 22.8 Å². The van der Waals surface area contributed by atoms with Crippen LogP contribution in [-0.4, -0.2) is 77.9 Å². The normalized spacial score (nSPS) is 16.6. The van der Waals surface area contributed by atoms with Crippen LogP contribution in [-0.2, 0) is 22.6 Å². The molecule has 5 N–H and O–H groups in total. The number of nitrogens with two attached hydrogens (primary N) is 1. The number of aliphatic hydroxyl groups excluding tert-OH is 1. The summed E-state index contributed by atoms with van der Waals surface area (Å²) in [6.07, 6.45) is -1.77. The zero-order valence-electron chi connectivity index (χ0n) is 27.3. The number of amides is 3.